The molecule has 0 radical (unpaired) electrons. The largest absolute Gasteiger partial charge is 0.507 e. The highest BCUT2D eigenvalue weighted by Gasteiger charge is 2.72. The summed E-state index contributed by atoms with van der Waals surface area (Å²) in [7, 11) is 1.48. The van der Waals surface area contributed by atoms with Crippen LogP contribution in [0.2, 0.25) is 0 Å². The van der Waals surface area contributed by atoms with Crippen LogP contribution in [-0.4, -0.2) is 42.0 Å². The van der Waals surface area contributed by atoms with Crippen molar-refractivity contribution in [2.75, 3.05) is 7.11 Å². The summed E-state index contributed by atoms with van der Waals surface area (Å²) in [6.45, 7) is 7.66. The monoisotopic (exact) mass is 374 g/mol. The van der Waals surface area contributed by atoms with Crippen LogP contribution < -0.4 is 0 Å². The molecule has 27 heavy (non-hydrogen) atoms. The van der Waals surface area contributed by atoms with Gasteiger partial charge in [0.15, 0.2) is 0 Å². The number of hydrogen-bond acceptors (Lipinski definition) is 6. The van der Waals surface area contributed by atoms with Gasteiger partial charge < -0.3 is 14.6 Å². The Hall–Kier alpha value is -1.95. The molecule has 0 aromatic carbocycles. The van der Waals surface area contributed by atoms with Gasteiger partial charge >= 0.3 is 5.97 Å². The summed E-state index contributed by atoms with van der Waals surface area (Å²) < 4.78 is 11.4. The van der Waals surface area contributed by atoms with E-state index in [2.05, 4.69) is 13.8 Å². The third-order valence-electron chi connectivity index (χ3n) is 7.02. The Morgan fingerprint density at radius 1 is 1.15 bits per heavy atom. The lowest BCUT2D eigenvalue weighted by molar-refractivity contribution is -0.150. The minimum atomic E-state index is -1.17. The molecule has 6 nitrogen and oxygen atoms in total. The standard InChI is InChI=1S/C21H26O6/c1-9(2)10-13(22)11-12(15(24)14(10)23)21-8-6-7-20(3,4)18(21)17(16(11)26-5)27-19(21)25/h9,16-18,22H,6-8H2,1-5H3/t16?,17-,18+,21+/m1/s1. The highest BCUT2D eigenvalue weighted by molar-refractivity contribution is 6.51. The van der Waals surface area contributed by atoms with E-state index in [4.69, 9.17) is 9.47 Å². The van der Waals surface area contributed by atoms with Crippen molar-refractivity contribution in [3.8, 4) is 0 Å². The number of aliphatic hydroxyl groups is 1. The second kappa shape index (κ2) is 5.53. The summed E-state index contributed by atoms with van der Waals surface area (Å²) in [6, 6.07) is 0. The van der Waals surface area contributed by atoms with Gasteiger partial charge in [0.2, 0.25) is 11.6 Å². The molecular formula is C21H26O6. The third-order valence-corrected chi connectivity index (χ3v) is 7.02. The van der Waals surface area contributed by atoms with E-state index < -0.39 is 35.2 Å². The summed E-state index contributed by atoms with van der Waals surface area (Å²) in [5.74, 6) is -2.65. The van der Waals surface area contributed by atoms with E-state index in [1.807, 2.05) is 0 Å². The highest BCUT2D eigenvalue weighted by Crippen LogP contribution is 2.66. The summed E-state index contributed by atoms with van der Waals surface area (Å²) in [5, 5.41) is 11.0. The lowest BCUT2D eigenvalue weighted by atomic mass is 9.48. The molecule has 2 fully saturated rings. The van der Waals surface area contributed by atoms with Gasteiger partial charge in [-0.25, -0.2) is 0 Å². The van der Waals surface area contributed by atoms with Crippen LogP contribution in [0.5, 0.6) is 0 Å². The van der Waals surface area contributed by atoms with Crippen LogP contribution in [-0.2, 0) is 23.9 Å². The summed E-state index contributed by atoms with van der Waals surface area (Å²) in [4.78, 5) is 39.2. The van der Waals surface area contributed by atoms with Gasteiger partial charge in [0, 0.05) is 29.7 Å². The lowest BCUT2D eigenvalue weighted by Crippen LogP contribution is -2.57. The number of carbonyl (C=O) groups excluding carboxylic acids is 3. The molecular weight excluding hydrogens is 348 g/mol. The molecule has 0 aromatic rings. The second-order valence-electron chi connectivity index (χ2n) is 9.18. The van der Waals surface area contributed by atoms with Crippen LogP contribution in [0.1, 0.15) is 47.0 Å². The van der Waals surface area contributed by atoms with E-state index in [1.54, 1.807) is 13.8 Å². The Morgan fingerprint density at radius 3 is 2.41 bits per heavy atom. The first kappa shape index (κ1) is 18.4. The predicted octanol–water partition coefficient (Wildman–Crippen LogP) is 2.67. The van der Waals surface area contributed by atoms with Gasteiger partial charge in [-0.2, -0.15) is 0 Å². The molecule has 0 amide bonds. The third kappa shape index (κ3) is 2.02. The van der Waals surface area contributed by atoms with Gasteiger partial charge in [-0.15, -0.1) is 0 Å². The average molecular weight is 374 g/mol. The van der Waals surface area contributed by atoms with Crippen LogP contribution in [0.4, 0.5) is 0 Å². The predicted molar refractivity (Wildman–Crippen MR) is 95.8 cm³/mol. The molecule has 4 atom stereocenters. The number of hydrogen-bond donors (Lipinski definition) is 1. The number of allylic oxidation sites excluding steroid dienone is 1. The summed E-state index contributed by atoms with van der Waals surface area (Å²) in [6.07, 6.45) is 0.769. The molecule has 4 aliphatic rings. The first-order chi connectivity index (χ1) is 12.6. The zero-order valence-electron chi connectivity index (χ0n) is 16.4. The van der Waals surface area contributed by atoms with Crippen LogP contribution >= 0.6 is 0 Å². The normalized spacial score (nSPS) is 37.6. The number of ether oxygens (including phenoxy) is 2. The molecule has 1 aliphatic heterocycles. The van der Waals surface area contributed by atoms with Crippen LogP contribution in [0, 0.1) is 22.7 Å². The number of ketones is 2. The van der Waals surface area contributed by atoms with Crippen molar-refractivity contribution in [2.24, 2.45) is 22.7 Å². The number of Topliss-reactive ketones (excluding diaryl/α,β-unsaturated/α-hetero) is 2. The first-order valence-corrected chi connectivity index (χ1v) is 9.60. The lowest BCUT2D eigenvalue weighted by Gasteiger charge is -2.52. The van der Waals surface area contributed by atoms with Crippen molar-refractivity contribution >= 4 is 17.5 Å². The van der Waals surface area contributed by atoms with Crippen molar-refractivity contribution in [2.45, 2.75) is 59.2 Å². The smallest absolute Gasteiger partial charge is 0.317 e. The number of methoxy groups -OCH3 is 1. The van der Waals surface area contributed by atoms with Crippen molar-refractivity contribution in [3.63, 3.8) is 0 Å². The quantitative estimate of drug-likeness (QED) is 0.454. The minimum absolute atomic E-state index is 0.0950. The molecule has 3 aliphatic carbocycles. The fraction of sp³-hybridized carbons (Fsp3) is 0.667. The molecule has 4 rings (SSSR count). The van der Waals surface area contributed by atoms with Crippen LogP contribution in [0.3, 0.4) is 0 Å². The Morgan fingerprint density at radius 2 is 1.81 bits per heavy atom. The summed E-state index contributed by atoms with van der Waals surface area (Å²) >= 11 is 0. The Bertz CT molecular complexity index is 830. The van der Waals surface area contributed by atoms with Crippen LogP contribution in [0.15, 0.2) is 22.5 Å². The fourth-order valence-corrected chi connectivity index (χ4v) is 6.07. The molecule has 0 aromatic heterocycles. The maximum absolute atomic E-state index is 13.3. The Labute approximate surface area is 158 Å². The van der Waals surface area contributed by atoms with Crippen molar-refractivity contribution in [1.82, 2.24) is 0 Å². The Kier molecular flexibility index (Phi) is 3.77. The van der Waals surface area contributed by atoms with Gasteiger partial charge in [-0.3, -0.25) is 14.4 Å². The van der Waals surface area contributed by atoms with Gasteiger partial charge in [-0.1, -0.05) is 34.1 Å². The van der Waals surface area contributed by atoms with Gasteiger partial charge in [0.25, 0.3) is 0 Å². The molecule has 1 heterocycles. The minimum Gasteiger partial charge on any atom is -0.507 e. The van der Waals surface area contributed by atoms with Crippen molar-refractivity contribution in [3.05, 3.63) is 22.5 Å². The molecule has 1 N–H and O–H groups in total. The van der Waals surface area contributed by atoms with E-state index in [1.165, 1.54) is 7.11 Å². The van der Waals surface area contributed by atoms with Gasteiger partial charge in [0.1, 0.15) is 23.4 Å². The zero-order valence-corrected chi connectivity index (χ0v) is 16.4. The molecule has 1 unspecified atom stereocenters. The van der Waals surface area contributed by atoms with E-state index >= 15 is 0 Å². The van der Waals surface area contributed by atoms with E-state index in [-0.39, 0.29) is 39.7 Å². The van der Waals surface area contributed by atoms with E-state index in [0.29, 0.717) is 6.42 Å². The van der Waals surface area contributed by atoms with Gasteiger partial charge in [0.05, 0.1) is 0 Å². The second-order valence-corrected chi connectivity index (χ2v) is 9.18. The van der Waals surface area contributed by atoms with E-state index in [9.17, 15) is 19.5 Å². The number of rotatable bonds is 2. The van der Waals surface area contributed by atoms with Crippen LogP contribution in [0.25, 0.3) is 0 Å². The topological polar surface area (TPSA) is 89.9 Å². The SMILES string of the molecule is COC1C2=C(C(=O)C(=O)C(C(C)C)=C2O)[C@@]23CCCC(C)(C)[C@@H]2[C@@H]1OC3=O. The molecule has 1 saturated heterocycles. The maximum Gasteiger partial charge on any atom is 0.317 e. The molecule has 2 bridgehead atoms. The highest BCUT2D eigenvalue weighted by atomic mass is 16.6. The molecule has 1 saturated carbocycles. The van der Waals surface area contributed by atoms with Crippen molar-refractivity contribution < 1.29 is 29.0 Å². The fourth-order valence-electron chi connectivity index (χ4n) is 6.07. The Balaban J connectivity index is 2.08. The average Bonchev–Trinajstić information content (AvgIpc) is 2.82. The first-order valence-electron chi connectivity index (χ1n) is 9.60. The number of carbonyl (C=O) groups is 3. The van der Waals surface area contributed by atoms with Crippen molar-refractivity contribution in [1.29, 1.82) is 0 Å². The maximum atomic E-state index is 13.3. The molecule has 0 spiro atoms. The number of aliphatic hydroxyl groups excluding tert-OH is 1. The van der Waals surface area contributed by atoms with E-state index in [0.717, 1.165) is 12.8 Å². The zero-order chi connectivity index (χ0) is 19.9. The molecule has 6 heteroatoms. The molecule has 146 valence electrons. The number of esters is 1. The summed E-state index contributed by atoms with van der Waals surface area (Å²) in [5.41, 5.74) is -0.920. The van der Waals surface area contributed by atoms with Gasteiger partial charge in [-0.05, 0) is 24.2 Å².